The van der Waals surface area contributed by atoms with E-state index in [9.17, 15) is 9.90 Å². The van der Waals surface area contributed by atoms with E-state index in [1.165, 1.54) is 24.9 Å². The second kappa shape index (κ2) is 7.88. The van der Waals surface area contributed by atoms with Crippen molar-refractivity contribution in [3.63, 3.8) is 0 Å². The second-order valence-electron chi connectivity index (χ2n) is 5.21. The van der Waals surface area contributed by atoms with E-state index in [1.54, 1.807) is 36.9 Å². The highest BCUT2D eigenvalue weighted by molar-refractivity contribution is 5.75. The summed E-state index contributed by atoms with van der Waals surface area (Å²) in [5.74, 6) is 1.04. The van der Waals surface area contributed by atoms with Crippen LogP contribution in [0.1, 0.15) is 17.0 Å². The Morgan fingerprint density at radius 1 is 1.17 bits per heavy atom. The van der Waals surface area contributed by atoms with Crippen molar-refractivity contribution >= 4 is 12.2 Å². The molecule has 2 aromatic rings. The van der Waals surface area contributed by atoms with Gasteiger partial charge in [-0.05, 0) is 19.1 Å². The van der Waals surface area contributed by atoms with Crippen molar-refractivity contribution in [3.05, 3.63) is 45.6 Å². The molecular formula is C17H21ClN2O4. The quantitative estimate of drug-likeness (QED) is 0.674. The van der Waals surface area contributed by atoms with Gasteiger partial charge in [-0.3, -0.25) is 0 Å². The van der Waals surface area contributed by atoms with Crippen molar-refractivity contribution in [2.75, 3.05) is 14.2 Å². The Labute approximate surface area is 147 Å². The van der Waals surface area contributed by atoms with Crippen molar-refractivity contribution in [3.8, 4) is 17.2 Å². The van der Waals surface area contributed by atoms with Crippen LogP contribution in [-0.4, -0.2) is 23.9 Å². The minimum Gasteiger partial charge on any atom is -1.00 e. The molecule has 6 nitrogen and oxygen atoms in total. The zero-order chi connectivity index (χ0) is 17.1. The molecule has 1 aromatic carbocycles. The minimum atomic E-state index is -0.115. The summed E-state index contributed by atoms with van der Waals surface area (Å²) in [4.78, 5) is 12.1. The molecular weight excluding hydrogens is 332 g/mol. The number of hydrogen-bond acceptors (Lipinski definition) is 4. The van der Waals surface area contributed by atoms with E-state index in [4.69, 9.17) is 9.47 Å². The van der Waals surface area contributed by atoms with Crippen LogP contribution in [0, 0.1) is 6.92 Å². The third kappa shape index (κ3) is 3.71. The number of rotatable bonds is 4. The average molecular weight is 353 g/mol. The van der Waals surface area contributed by atoms with E-state index in [2.05, 4.69) is 0 Å². The predicted molar refractivity (Wildman–Crippen MR) is 87.7 cm³/mol. The molecule has 1 heterocycles. The first kappa shape index (κ1) is 19.6. The Balaban J connectivity index is 0.00000288. The van der Waals surface area contributed by atoms with Crippen LogP contribution in [0.4, 0.5) is 0 Å². The topological polar surface area (TPSA) is 64.6 Å². The molecule has 0 aliphatic carbocycles. The van der Waals surface area contributed by atoms with Crippen LogP contribution in [-0.2, 0) is 14.1 Å². The molecule has 0 spiro atoms. The van der Waals surface area contributed by atoms with Gasteiger partial charge in [0.05, 0.1) is 33.9 Å². The fraction of sp³-hybridized carbons (Fsp3) is 0.294. The Hall–Kier alpha value is -2.47. The third-order valence-corrected chi connectivity index (χ3v) is 3.82. The van der Waals surface area contributed by atoms with Crippen LogP contribution >= 0.6 is 0 Å². The van der Waals surface area contributed by atoms with Gasteiger partial charge in [-0.25, -0.2) is 0 Å². The summed E-state index contributed by atoms with van der Waals surface area (Å²) in [6.07, 6.45) is 3.47. The molecule has 7 heteroatoms. The maximum absolute atomic E-state index is 12.1. The van der Waals surface area contributed by atoms with Crippen LogP contribution in [0.5, 0.6) is 17.2 Å². The number of aryl methyl sites for hydroxylation is 1. The van der Waals surface area contributed by atoms with E-state index < -0.39 is 0 Å². The Kier molecular flexibility index (Phi) is 6.42. The first-order chi connectivity index (χ1) is 10.9. The Morgan fingerprint density at radius 2 is 1.83 bits per heavy atom. The number of aromatic nitrogens is 2. The number of hydrogen-bond donors (Lipinski definition) is 1. The van der Waals surface area contributed by atoms with Gasteiger partial charge in [-0.1, -0.05) is 0 Å². The number of aromatic hydroxyl groups is 1. The van der Waals surface area contributed by atoms with Crippen molar-refractivity contribution in [2.24, 2.45) is 14.1 Å². The van der Waals surface area contributed by atoms with Crippen molar-refractivity contribution < 1.29 is 31.6 Å². The number of methoxy groups -OCH3 is 2. The Bertz CT molecular complexity index is 828. The van der Waals surface area contributed by atoms with E-state index >= 15 is 0 Å². The summed E-state index contributed by atoms with van der Waals surface area (Å²) >= 11 is 0. The maximum Gasteiger partial charge on any atom is 0.498 e. The van der Waals surface area contributed by atoms with Crippen molar-refractivity contribution in [2.45, 2.75) is 6.92 Å². The normalized spacial score (nSPS) is 10.5. The molecule has 0 aliphatic heterocycles. The number of phenols is 1. The van der Waals surface area contributed by atoms with E-state index in [0.29, 0.717) is 17.1 Å². The predicted octanol–water partition coefficient (Wildman–Crippen LogP) is -1.58. The summed E-state index contributed by atoms with van der Waals surface area (Å²) in [5.41, 5.74) is 1.98. The van der Waals surface area contributed by atoms with Gasteiger partial charge in [0.15, 0.2) is 0 Å². The standard InChI is InChI=1S/C17H20N2O4.ClH/c1-11-8-12(19(3)17(21)18(11)2)6-7-14-15(20)9-13(22-4)10-16(14)23-5;/h6-10H,1-5H3;1H. The lowest BCUT2D eigenvalue weighted by Gasteiger charge is -2.09. The summed E-state index contributed by atoms with van der Waals surface area (Å²) in [6, 6.07) is 5.09. The molecule has 1 N–H and O–H groups in total. The number of benzene rings is 1. The smallest absolute Gasteiger partial charge is 0.498 e. The summed E-state index contributed by atoms with van der Waals surface area (Å²) < 4.78 is 13.5. The number of nitrogens with zero attached hydrogens (tertiary/aromatic N) is 2. The molecule has 0 saturated heterocycles. The molecule has 0 bridgehead atoms. The molecule has 1 aromatic heterocycles. The zero-order valence-electron chi connectivity index (χ0n) is 14.3. The molecule has 0 radical (unpaired) electrons. The molecule has 0 atom stereocenters. The highest BCUT2D eigenvalue weighted by Crippen LogP contribution is 2.34. The van der Waals surface area contributed by atoms with Gasteiger partial charge in [0, 0.05) is 18.2 Å². The molecule has 0 amide bonds. The molecule has 24 heavy (non-hydrogen) atoms. The van der Waals surface area contributed by atoms with Crippen molar-refractivity contribution in [1.29, 1.82) is 0 Å². The largest absolute Gasteiger partial charge is 1.00 e. The summed E-state index contributed by atoms with van der Waals surface area (Å²) in [7, 11) is 6.47. The van der Waals surface area contributed by atoms with E-state index in [1.807, 2.05) is 13.0 Å². The first-order valence-electron chi connectivity index (χ1n) is 7.08. The fourth-order valence-corrected chi connectivity index (χ4v) is 2.26. The van der Waals surface area contributed by atoms with Gasteiger partial charge in [-0.15, -0.1) is 0 Å². The Morgan fingerprint density at radius 3 is 2.42 bits per heavy atom. The van der Waals surface area contributed by atoms with Crippen LogP contribution in [0.15, 0.2) is 23.0 Å². The lowest BCUT2D eigenvalue weighted by atomic mass is 10.1. The lowest BCUT2D eigenvalue weighted by Crippen LogP contribution is -3.00. The maximum atomic E-state index is 12.1. The molecule has 0 fully saturated rings. The molecule has 2 rings (SSSR count). The summed E-state index contributed by atoms with van der Waals surface area (Å²) in [5, 5.41) is 10.2. The first-order valence-corrected chi connectivity index (χ1v) is 7.08. The molecule has 0 unspecified atom stereocenters. The minimum absolute atomic E-state index is 0. The van der Waals surface area contributed by atoms with E-state index in [-0.39, 0.29) is 23.8 Å². The van der Waals surface area contributed by atoms with E-state index in [0.717, 1.165) is 11.4 Å². The van der Waals surface area contributed by atoms with Gasteiger partial charge in [-0.2, -0.15) is 13.9 Å². The number of phenolic OH excluding ortho intramolecular Hbond substituents is 1. The van der Waals surface area contributed by atoms with Gasteiger partial charge in [0.25, 0.3) is 0 Å². The molecule has 0 saturated carbocycles. The van der Waals surface area contributed by atoms with Crippen LogP contribution < -0.4 is 32.1 Å². The third-order valence-electron chi connectivity index (χ3n) is 3.82. The average Bonchev–Trinajstić information content (AvgIpc) is 2.55. The molecule has 0 aliphatic rings. The second-order valence-corrected chi connectivity index (χ2v) is 5.21. The highest BCUT2D eigenvalue weighted by atomic mass is 35.5. The number of halogens is 1. The van der Waals surface area contributed by atoms with Crippen LogP contribution in [0.2, 0.25) is 0 Å². The highest BCUT2D eigenvalue weighted by Gasteiger charge is 2.13. The van der Waals surface area contributed by atoms with Crippen molar-refractivity contribution in [1.82, 2.24) is 4.57 Å². The molecule has 130 valence electrons. The number of ether oxygens (including phenoxy) is 2. The van der Waals surface area contributed by atoms with Crippen LogP contribution in [0.3, 0.4) is 0 Å². The SMILES string of the molecule is COc1cc(O)c(C=Cc2cc(C)n(C)c(=O)[n+]2C)c(OC)c1.[Cl-]. The van der Waals surface area contributed by atoms with Gasteiger partial charge in [0.1, 0.15) is 28.6 Å². The van der Waals surface area contributed by atoms with Gasteiger partial charge < -0.3 is 27.0 Å². The fourth-order valence-electron chi connectivity index (χ4n) is 2.26. The monoisotopic (exact) mass is 352 g/mol. The van der Waals surface area contributed by atoms with Crippen LogP contribution in [0.25, 0.3) is 12.2 Å². The lowest BCUT2D eigenvalue weighted by molar-refractivity contribution is -0.692. The summed E-state index contributed by atoms with van der Waals surface area (Å²) in [6.45, 7) is 1.87. The van der Waals surface area contributed by atoms with Gasteiger partial charge >= 0.3 is 5.69 Å². The van der Waals surface area contributed by atoms with Gasteiger partial charge in [0.2, 0.25) is 0 Å². The zero-order valence-corrected chi connectivity index (χ0v) is 15.1.